The number of hydrogen-bond acceptors (Lipinski definition) is 8. The van der Waals surface area contributed by atoms with Crippen molar-refractivity contribution in [3.05, 3.63) is 89.8 Å². The largest absolute Gasteiger partial charge is 0.497 e. The highest BCUT2D eigenvalue weighted by atomic mass is 32.2. The number of aliphatic imine (C=N–C) groups is 1. The number of imide groups is 1. The van der Waals surface area contributed by atoms with Crippen LogP contribution in [0.2, 0.25) is 0 Å². The molecular weight excluding hydrogens is 556 g/mol. The van der Waals surface area contributed by atoms with E-state index in [1.165, 1.54) is 18.9 Å². The monoisotopic (exact) mass is 582 g/mol. The number of ether oxygens (including phenoxy) is 2. The van der Waals surface area contributed by atoms with Gasteiger partial charge in [-0.25, -0.2) is 0 Å². The lowest BCUT2D eigenvalue weighted by molar-refractivity contribution is -0.137. The van der Waals surface area contributed by atoms with E-state index in [1.807, 2.05) is 35.7 Å². The maximum Gasteiger partial charge on any atom is 0.275 e. The van der Waals surface area contributed by atoms with Crippen LogP contribution in [0, 0.1) is 5.92 Å². The van der Waals surface area contributed by atoms with Crippen LogP contribution in [0.4, 0.5) is 11.4 Å². The van der Waals surface area contributed by atoms with Crippen molar-refractivity contribution in [2.75, 3.05) is 24.4 Å². The molecule has 3 heterocycles. The van der Waals surface area contributed by atoms with Crippen LogP contribution in [-0.2, 0) is 19.2 Å². The van der Waals surface area contributed by atoms with E-state index in [0.29, 0.717) is 33.7 Å². The average Bonchev–Trinajstić information content (AvgIpc) is 3.64. The molecular formula is C31H26N4O6S. The van der Waals surface area contributed by atoms with Crippen LogP contribution in [0.15, 0.2) is 89.3 Å². The van der Waals surface area contributed by atoms with Crippen molar-refractivity contribution >= 4 is 57.6 Å². The summed E-state index contributed by atoms with van der Waals surface area (Å²) >= 11 is 1.24. The van der Waals surface area contributed by atoms with E-state index in [9.17, 15) is 19.2 Å². The third-order valence-electron chi connectivity index (χ3n) is 7.60. The van der Waals surface area contributed by atoms with Crippen LogP contribution in [0.1, 0.15) is 18.4 Å². The Balaban J connectivity index is 1.40. The van der Waals surface area contributed by atoms with Gasteiger partial charge in [0.05, 0.1) is 37.9 Å². The van der Waals surface area contributed by atoms with Gasteiger partial charge in [-0.2, -0.15) is 4.99 Å². The predicted molar refractivity (Wildman–Crippen MR) is 159 cm³/mol. The number of rotatable bonds is 8. The second-order valence-electron chi connectivity index (χ2n) is 9.92. The number of amidine groups is 1. The van der Waals surface area contributed by atoms with E-state index in [4.69, 9.17) is 9.47 Å². The first-order chi connectivity index (χ1) is 20.3. The smallest absolute Gasteiger partial charge is 0.275 e. The number of benzene rings is 3. The number of nitrogens with zero attached hydrogens (tertiary/aromatic N) is 3. The standard InChI is InChI=1S/C31H26N4O6S/c1-40-22-12-8-20(9-13-22)32-26(36)17-31(24-16-27(37)34(28(24)38)21-10-14-23(41-2)15-11-21)29(39)33-30-35(31)25(18-42-30)19-6-4-3-5-7-19/h3-15,18,24H,16-17H2,1-2H3,(H,32,36). The van der Waals surface area contributed by atoms with Gasteiger partial charge in [0.15, 0.2) is 5.17 Å². The highest BCUT2D eigenvalue weighted by Gasteiger charge is 2.64. The molecule has 3 aromatic rings. The van der Waals surface area contributed by atoms with E-state index >= 15 is 0 Å². The second-order valence-corrected chi connectivity index (χ2v) is 10.8. The fourth-order valence-electron chi connectivity index (χ4n) is 5.58. The Labute approximate surface area is 246 Å². The van der Waals surface area contributed by atoms with Crippen molar-refractivity contribution in [1.82, 2.24) is 4.90 Å². The molecule has 1 saturated heterocycles. The van der Waals surface area contributed by atoms with Crippen LogP contribution in [0.25, 0.3) is 5.70 Å². The number of hydrogen-bond donors (Lipinski definition) is 1. The van der Waals surface area contributed by atoms with Gasteiger partial charge >= 0.3 is 0 Å². The van der Waals surface area contributed by atoms with Gasteiger partial charge in [-0.05, 0) is 54.1 Å². The molecule has 10 nitrogen and oxygen atoms in total. The molecule has 0 spiro atoms. The maximum absolute atomic E-state index is 14.1. The minimum absolute atomic E-state index is 0.265. The third-order valence-corrected chi connectivity index (χ3v) is 8.43. The highest BCUT2D eigenvalue weighted by Crippen LogP contribution is 2.50. The second kappa shape index (κ2) is 10.8. The molecule has 6 rings (SSSR count). The van der Waals surface area contributed by atoms with Crippen molar-refractivity contribution in [1.29, 1.82) is 0 Å². The van der Waals surface area contributed by atoms with Crippen molar-refractivity contribution in [3.8, 4) is 11.5 Å². The average molecular weight is 583 g/mol. The number of nitrogens with one attached hydrogen (secondary N) is 1. The molecule has 0 bridgehead atoms. The minimum Gasteiger partial charge on any atom is -0.497 e. The van der Waals surface area contributed by atoms with E-state index in [2.05, 4.69) is 10.3 Å². The Morgan fingerprint density at radius 3 is 2.24 bits per heavy atom. The maximum atomic E-state index is 14.1. The summed E-state index contributed by atoms with van der Waals surface area (Å²) in [5.74, 6) is -2.17. The number of methoxy groups -OCH3 is 2. The number of carbonyl (C=O) groups is 4. The molecule has 2 unspecified atom stereocenters. The molecule has 1 fully saturated rings. The first-order valence-corrected chi connectivity index (χ1v) is 14.0. The molecule has 3 aromatic carbocycles. The Morgan fingerprint density at radius 1 is 0.952 bits per heavy atom. The summed E-state index contributed by atoms with van der Waals surface area (Å²) in [5, 5.41) is 5.04. The van der Waals surface area contributed by atoms with Crippen LogP contribution in [0.5, 0.6) is 11.5 Å². The summed E-state index contributed by atoms with van der Waals surface area (Å²) in [6, 6.07) is 22.6. The normalized spacial score (nSPS) is 21.3. The molecule has 2 atom stereocenters. The molecule has 212 valence electrons. The SMILES string of the molecule is COc1ccc(NC(=O)CC2(C3CC(=O)N(c4ccc(OC)cc4)C3=O)C(=O)N=C3SC=C(c4ccccc4)N32)cc1. The fourth-order valence-corrected chi connectivity index (χ4v) is 6.54. The van der Waals surface area contributed by atoms with Gasteiger partial charge in [0.25, 0.3) is 5.91 Å². The topological polar surface area (TPSA) is 118 Å². The zero-order valence-corrected chi connectivity index (χ0v) is 23.6. The molecule has 0 saturated carbocycles. The first-order valence-electron chi connectivity index (χ1n) is 13.2. The van der Waals surface area contributed by atoms with E-state index in [1.54, 1.807) is 60.5 Å². The van der Waals surface area contributed by atoms with Gasteiger partial charge in [0, 0.05) is 17.5 Å². The summed E-state index contributed by atoms with van der Waals surface area (Å²) in [5.41, 5.74) is 0.503. The minimum atomic E-state index is -1.76. The van der Waals surface area contributed by atoms with Crippen molar-refractivity contribution in [2.45, 2.75) is 18.4 Å². The van der Waals surface area contributed by atoms with E-state index in [-0.39, 0.29) is 6.42 Å². The van der Waals surface area contributed by atoms with Crippen LogP contribution < -0.4 is 19.7 Å². The van der Waals surface area contributed by atoms with E-state index in [0.717, 1.165) is 10.5 Å². The van der Waals surface area contributed by atoms with Crippen molar-refractivity contribution in [2.24, 2.45) is 10.9 Å². The summed E-state index contributed by atoms with van der Waals surface area (Å²) in [4.78, 5) is 62.2. The summed E-state index contributed by atoms with van der Waals surface area (Å²) < 4.78 is 10.4. The van der Waals surface area contributed by atoms with Crippen LogP contribution in [0.3, 0.4) is 0 Å². The van der Waals surface area contributed by atoms with Crippen LogP contribution in [-0.4, -0.2) is 53.5 Å². The lowest BCUT2D eigenvalue weighted by atomic mass is 9.77. The van der Waals surface area contributed by atoms with Gasteiger partial charge in [0.2, 0.25) is 17.7 Å². The fraction of sp³-hybridized carbons (Fsp3) is 0.194. The number of anilines is 2. The van der Waals surface area contributed by atoms with E-state index < -0.39 is 41.5 Å². The molecule has 0 aliphatic carbocycles. The molecule has 3 aliphatic rings. The lowest BCUT2D eigenvalue weighted by Crippen LogP contribution is -2.58. The summed E-state index contributed by atoms with van der Waals surface area (Å²) in [6.07, 6.45) is -0.672. The Bertz CT molecular complexity index is 1640. The molecule has 0 aromatic heterocycles. The molecule has 4 amide bonds. The quantitative estimate of drug-likeness (QED) is 0.391. The summed E-state index contributed by atoms with van der Waals surface area (Å²) in [6.45, 7) is 0. The highest BCUT2D eigenvalue weighted by molar-refractivity contribution is 8.16. The van der Waals surface area contributed by atoms with Gasteiger partial charge in [-0.15, -0.1) is 0 Å². The predicted octanol–water partition coefficient (Wildman–Crippen LogP) is 4.29. The number of fused-ring (bicyclic) bond motifs is 1. The lowest BCUT2D eigenvalue weighted by Gasteiger charge is -2.40. The third kappa shape index (κ3) is 4.51. The Morgan fingerprint density at radius 2 is 1.60 bits per heavy atom. The van der Waals surface area contributed by atoms with Gasteiger partial charge in [-0.3, -0.25) is 24.1 Å². The Hall–Kier alpha value is -4.90. The van der Waals surface area contributed by atoms with Gasteiger partial charge in [-0.1, -0.05) is 42.1 Å². The molecule has 3 aliphatic heterocycles. The molecule has 11 heteroatoms. The molecule has 42 heavy (non-hydrogen) atoms. The van der Waals surface area contributed by atoms with Crippen LogP contribution >= 0.6 is 11.8 Å². The van der Waals surface area contributed by atoms with Gasteiger partial charge in [0.1, 0.15) is 17.0 Å². The summed E-state index contributed by atoms with van der Waals surface area (Å²) in [7, 11) is 3.06. The molecule has 0 radical (unpaired) electrons. The Kier molecular flexibility index (Phi) is 7.03. The molecule has 1 N–H and O–H groups in total. The first kappa shape index (κ1) is 27.3. The van der Waals surface area contributed by atoms with Crippen molar-refractivity contribution < 1.29 is 28.7 Å². The zero-order valence-electron chi connectivity index (χ0n) is 22.8. The number of amides is 4. The number of carbonyl (C=O) groups excluding carboxylic acids is 4. The number of thioether (sulfide) groups is 1. The van der Waals surface area contributed by atoms with Gasteiger partial charge < -0.3 is 19.7 Å². The van der Waals surface area contributed by atoms with Crippen molar-refractivity contribution in [3.63, 3.8) is 0 Å². The zero-order chi connectivity index (χ0) is 29.4.